The van der Waals surface area contributed by atoms with Crippen LogP contribution in [-0.4, -0.2) is 27.4 Å². The fourth-order valence-electron chi connectivity index (χ4n) is 2.51. The van der Waals surface area contributed by atoms with E-state index >= 15 is 0 Å². The van der Waals surface area contributed by atoms with Gasteiger partial charge >= 0.3 is 0 Å². The summed E-state index contributed by atoms with van der Waals surface area (Å²) >= 11 is 0. The molecule has 4 heteroatoms. The zero-order valence-electron chi connectivity index (χ0n) is 14.8. The van der Waals surface area contributed by atoms with Crippen LogP contribution >= 0.6 is 0 Å². The van der Waals surface area contributed by atoms with E-state index in [1.54, 1.807) is 14.2 Å². The Morgan fingerprint density at radius 3 is 2.50 bits per heavy atom. The van der Waals surface area contributed by atoms with Crippen LogP contribution in [-0.2, 0) is 17.9 Å². The first kappa shape index (κ1) is 18.3. The minimum atomic E-state index is 0.531. The molecular weight excluding hydrogens is 302 g/mol. The largest absolute Gasteiger partial charge is 0.493 e. The monoisotopic (exact) mass is 329 g/mol. The van der Waals surface area contributed by atoms with Crippen molar-refractivity contribution < 1.29 is 14.2 Å². The number of methoxy groups -OCH3 is 2. The van der Waals surface area contributed by atoms with Crippen LogP contribution in [0.25, 0.3) is 0 Å². The Morgan fingerprint density at radius 2 is 1.75 bits per heavy atom. The number of nitrogens with one attached hydrogen (secondary N) is 1. The number of aryl methyl sites for hydroxylation is 1. The van der Waals surface area contributed by atoms with Gasteiger partial charge in [-0.15, -0.1) is 0 Å². The maximum Gasteiger partial charge on any atom is 0.166 e. The van der Waals surface area contributed by atoms with Gasteiger partial charge in [-0.1, -0.05) is 36.4 Å². The number of benzene rings is 2. The Hall–Kier alpha value is -2.04. The molecule has 0 saturated heterocycles. The summed E-state index contributed by atoms with van der Waals surface area (Å²) in [6, 6.07) is 14.3. The maximum atomic E-state index is 6.11. The average molecular weight is 329 g/mol. The molecule has 0 aliphatic heterocycles. The van der Waals surface area contributed by atoms with Crippen molar-refractivity contribution in [1.29, 1.82) is 0 Å². The highest BCUT2D eigenvalue weighted by atomic mass is 16.5. The van der Waals surface area contributed by atoms with Crippen LogP contribution in [0.2, 0.25) is 0 Å². The van der Waals surface area contributed by atoms with E-state index in [0.717, 1.165) is 43.2 Å². The molecule has 0 fully saturated rings. The molecule has 0 atom stereocenters. The van der Waals surface area contributed by atoms with Crippen molar-refractivity contribution in [3.8, 4) is 11.5 Å². The fourth-order valence-corrected chi connectivity index (χ4v) is 2.51. The SMILES string of the molecule is COCCCNCc1cccc(OC)c1OCc1ccccc1C. The molecule has 0 heterocycles. The second kappa shape index (κ2) is 9.96. The second-order valence-corrected chi connectivity index (χ2v) is 5.69. The summed E-state index contributed by atoms with van der Waals surface area (Å²) in [5, 5.41) is 3.42. The first-order valence-electron chi connectivity index (χ1n) is 8.29. The van der Waals surface area contributed by atoms with Crippen molar-refractivity contribution in [2.24, 2.45) is 0 Å². The van der Waals surface area contributed by atoms with Crippen LogP contribution in [0.1, 0.15) is 23.1 Å². The van der Waals surface area contributed by atoms with Crippen molar-refractivity contribution in [3.05, 3.63) is 59.2 Å². The van der Waals surface area contributed by atoms with Crippen molar-refractivity contribution in [2.75, 3.05) is 27.4 Å². The Kier molecular flexibility index (Phi) is 7.59. The number of rotatable bonds is 10. The Morgan fingerprint density at radius 1 is 0.958 bits per heavy atom. The number of hydrogen-bond donors (Lipinski definition) is 1. The van der Waals surface area contributed by atoms with Crippen LogP contribution in [0.15, 0.2) is 42.5 Å². The lowest BCUT2D eigenvalue weighted by molar-refractivity contribution is 0.194. The number of hydrogen-bond acceptors (Lipinski definition) is 4. The molecule has 2 aromatic rings. The van der Waals surface area contributed by atoms with Gasteiger partial charge in [0.25, 0.3) is 0 Å². The highest BCUT2D eigenvalue weighted by Crippen LogP contribution is 2.32. The lowest BCUT2D eigenvalue weighted by Gasteiger charge is -2.16. The predicted octanol–water partition coefficient (Wildman–Crippen LogP) is 3.71. The highest BCUT2D eigenvalue weighted by molar-refractivity contribution is 5.46. The summed E-state index contributed by atoms with van der Waals surface area (Å²) in [6.07, 6.45) is 0.986. The van der Waals surface area contributed by atoms with E-state index in [2.05, 4.69) is 30.4 Å². The van der Waals surface area contributed by atoms with Crippen LogP contribution in [0.3, 0.4) is 0 Å². The molecule has 0 saturated carbocycles. The second-order valence-electron chi connectivity index (χ2n) is 5.69. The fraction of sp³-hybridized carbons (Fsp3) is 0.400. The number of para-hydroxylation sites is 1. The van der Waals surface area contributed by atoms with Gasteiger partial charge in [0.1, 0.15) is 6.61 Å². The molecule has 0 unspecified atom stereocenters. The van der Waals surface area contributed by atoms with Gasteiger partial charge in [-0.25, -0.2) is 0 Å². The van der Waals surface area contributed by atoms with Gasteiger partial charge in [0.15, 0.2) is 11.5 Å². The molecule has 2 rings (SSSR count). The topological polar surface area (TPSA) is 39.7 Å². The minimum Gasteiger partial charge on any atom is -0.493 e. The Labute approximate surface area is 144 Å². The van der Waals surface area contributed by atoms with Crippen molar-refractivity contribution in [1.82, 2.24) is 5.32 Å². The van der Waals surface area contributed by atoms with Gasteiger partial charge in [0.05, 0.1) is 7.11 Å². The number of ether oxygens (including phenoxy) is 3. The van der Waals surface area contributed by atoms with Gasteiger partial charge in [-0.2, -0.15) is 0 Å². The van der Waals surface area contributed by atoms with Gasteiger partial charge in [0, 0.05) is 25.8 Å². The first-order valence-corrected chi connectivity index (χ1v) is 8.29. The van der Waals surface area contributed by atoms with Crippen LogP contribution in [0.5, 0.6) is 11.5 Å². The molecule has 0 amide bonds. The summed E-state index contributed by atoms with van der Waals surface area (Å²) < 4.78 is 16.7. The van der Waals surface area contributed by atoms with Gasteiger partial charge in [0.2, 0.25) is 0 Å². The van der Waals surface area contributed by atoms with Crippen molar-refractivity contribution in [3.63, 3.8) is 0 Å². The molecular formula is C20H27NO3. The molecule has 24 heavy (non-hydrogen) atoms. The van der Waals surface area contributed by atoms with Crippen LogP contribution in [0, 0.1) is 6.92 Å². The highest BCUT2D eigenvalue weighted by Gasteiger charge is 2.11. The van der Waals surface area contributed by atoms with E-state index in [4.69, 9.17) is 14.2 Å². The zero-order valence-corrected chi connectivity index (χ0v) is 14.8. The summed E-state index contributed by atoms with van der Waals surface area (Å²) in [7, 11) is 3.39. The predicted molar refractivity (Wildman–Crippen MR) is 96.7 cm³/mol. The van der Waals surface area contributed by atoms with Gasteiger partial charge < -0.3 is 19.5 Å². The molecule has 0 spiro atoms. The Bertz CT molecular complexity index is 628. The lowest BCUT2D eigenvalue weighted by atomic mass is 10.1. The minimum absolute atomic E-state index is 0.531. The summed E-state index contributed by atoms with van der Waals surface area (Å²) in [5.41, 5.74) is 3.51. The third kappa shape index (κ3) is 5.25. The van der Waals surface area contributed by atoms with E-state index in [-0.39, 0.29) is 0 Å². The lowest BCUT2D eigenvalue weighted by Crippen LogP contribution is -2.17. The van der Waals surface area contributed by atoms with E-state index in [1.165, 1.54) is 11.1 Å². The van der Waals surface area contributed by atoms with Gasteiger partial charge in [-0.05, 0) is 37.1 Å². The van der Waals surface area contributed by atoms with E-state index in [0.29, 0.717) is 6.61 Å². The normalized spacial score (nSPS) is 10.6. The molecule has 0 aliphatic rings. The summed E-state index contributed by atoms with van der Waals surface area (Å²) in [5.74, 6) is 1.57. The van der Waals surface area contributed by atoms with Crippen LogP contribution in [0.4, 0.5) is 0 Å². The Balaban J connectivity index is 2.04. The third-order valence-electron chi connectivity index (χ3n) is 3.93. The molecule has 0 bridgehead atoms. The average Bonchev–Trinajstić information content (AvgIpc) is 2.61. The molecule has 4 nitrogen and oxygen atoms in total. The smallest absolute Gasteiger partial charge is 0.166 e. The third-order valence-corrected chi connectivity index (χ3v) is 3.93. The molecule has 0 aliphatic carbocycles. The summed E-state index contributed by atoms with van der Waals surface area (Å²) in [6.45, 7) is 5.04. The molecule has 0 aromatic heterocycles. The van der Waals surface area contributed by atoms with Crippen LogP contribution < -0.4 is 14.8 Å². The zero-order chi connectivity index (χ0) is 17.2. The summed E-state index contributed by atoms with van der Waals surface area (Å²) in [4.78, 5) is 0. The molecule has 130 valence electrons. The molecule has 2 aromatic carbocycles. The van der Waals surface area contributed by atoms with E-state index in [1.807, 2.05) is 24.3 Å². The van der Waals surface area contributed by atoms with E-state index < -0.39 is 0 Å². The van der Waals surface area contributed by atoms with Crippen molar-refractivity contribution in [2.45, 2.75) is 26.5 Å². The van der Waals surface area contributed by atoms with Gasteiger partial charge in [-0.3, -0.25) is 0 Å². The standard InChI is InChI=1S/C20H27NO3/c1-16-8-4-5-9-18(16)15-24-20-17(10-6-11-19(20)23-3)14-21-12-7-13-22-2/h4-6,8-11,21H,7,12-15H2,1-3H3. The molecule has 0 radical (unpaired) electrons. The van der Waals surface area contributed by atoms with Crippen molar-refractivity contribution >= 4 is 0 Å². The maximum absolute atomic E-state index is 6.11. The first-order chi connectivity index (χ1) is 11.8. The quantitative estimate of drug-likeness (QED) is 0.675. The molecule has 1 N–H and O–H groups in total. The van der Waals surface area contributed by atoms with E-state index in [9.17, 15) is 0 Å².